The van der Waals surface area contributed by atoms with Crippen molar-refractivity contribution >= 4 is 5.91 Å². The second-order valence-electron chi connectivity index (χ2n) is 21.4. The van der Waals surface area contributed by atoms with Crippen LogP contribution in [0.25, 0.3) is 0 Å². The van der Waals surface area contributed by atoms with Crippen LogP contribution in [0.15, 0.2) is 109 Å². The number of aliphatic hydroxyl groups excluding tert-OH is 8. The number of carbonyl (C=O) groups is 1. The minimum absolute atomic E-state index is 0.208. The molecule has 12 unspecified atom stereocenters. The Kier molecular flexibility index (Phi) is 45.6. The lowest BCUT2D eigenvalue weighted by Gasteiger charge is -2.46. The highest BCUT2D eigenvalue weighted by Gasteiger charge is 2.51. The standard InChI is InChI=1S/C66H111NO13/c1-3-5-7-9-11-13-15-17-19-21-23-25-26-27-28-30-31-33-35-37-39-41-43-45-47-49-55(70)54(53-77-65-63(76)61(74)64(57(52-69)79-65)80-66-62(75)60(73)59(72)56(51-68)78-66)67-58(71)50-48-46-44-42-40-38-36-34-32-29-24-22-20-18-16-14-12-10-8-6-4-2/h6,8,12,14,18,20,24,29,31,33-34,36,39-42,47,49,54-57,59-66,68-70,72-76H,3-5,7,9-11,13,15-17,19,21-23,25-28,30,32,35,37-38,43-46,48,50-53H2,1-2H3,(H,67,71)/b8-6-,14-12-,20-18-,29-24-,33-31+,36-34-,41-39+,42-40-,49-47+. The molecule has 0 spiro atoms. The molecule has 12 atom stereocenters. The molecule has 14 nitrogen and oxygen atoms in total. The molecule has 14 heteroatoms. The van der Waals surface area contributed by atoms with Crippen molar-refractivity contribution in [3.63, 3.8) is 0 Å². The van der Waals surface area contributed by atoms with Crippen LogP contribution in [0.5, 0.6) is 0 Å². The molecule has 0 aromatic heterocycles. The van der Waals surface area contributed by atoms with E-state index in [0.717, 1.165) is 77.0 Å². The fraction of sp³-hybridized carbons (Fsp3) is 0.712. The van der Waals surface area contributed by atoms with Gasteiger partial charge in [0, 0.05) is 6.42 Å². The van der Waals surface area contributed by atoms with Gasteiger partial charge in [0.05, 0.1) is 32.0 Å². The molecule has 2 heterocycles. The lowest BCUT2D eigenvalue weighted by atomic mass is 9.97. The number of amides is 1. The summed E-state index contributed by atoms with van der Waals surface area (Å²) >= 11 is 0. The summed E-state index contributed by atoms with van der Waals surface area (Å²) in [6, 6.07) is -0.970. The Bertz CT molecular complexity index is 1760. The first-order valence-electron chi connectivity index (χ1n) is 31.1. The zero-order valence-corrected chi connectivity index (χ0v) is 49.3. The first-order valence-corrected chi connectivity index (χ1v) is 31.1. The number of rotatable bonds is 48. The normalized spacial score (nSPS) is 25.0. The molecule has 458 valence electrons. The zero-order chi connectivity index (χ0) is 58.1. The number of aliphatic hydroxyl groups is 8. The minimum atomic E-state index is -1.80. The van der Waals surface area contributed by atoms with Crippen molar-refractivity contribution < 1.29 is 64.6 Å². The highest BCUT2D eigenvalue weighted by Crippen LogP contribution is 2.30. The number of hydrogen-bond acceptors (Lipinski definition) is 13. The predicted octanol–water partition coefficient (Wildman–Crippen LogP) is 11.2. The van der Waals surface area contributed by atoms with E-state index in [-0.39, 0.29) is 18.9 Å². The highest BCUT2D eigenvalue weighted by molar-refractivity contribution is 5.76. The van der Waals surface area contributed by atoms with E-state index in [9.17, 15) is 45.6 Å². The summed E-state index contributed by atoms with van der Waals surface area (Å²) in [7, 11) is 0. The molecule has 2 fully saturated rings. The molecule has 0 radical (unpaired) electrons. The van der Waals surface area contributed by atoms with Crippen LogP contribution < -0.4 is 5.32 Å². The van der Waals surface area contributed by atoms with E-state index in [0.29, 0.717) is 12.8 Å². The molecular formula is C66H111NO13. The van der Waals surface area contributed by atoms with E-state index >= 15 is 0 Å². The Morgan fingerprint density at radius 1 is 0.463 bits per heavy atom. The van der Waals surface area contributed by atoms with Gasteiger partial charge in [-0.2, -0.15) is 0 Å². The van der Waals surface area contributed by atoms with Crippen LogP contribution in [-0.4, -0.2) is 140 Å². The molecule has 2 saturated heterocycles. The maximum Gasteiger partial charge on any atom is 0.220 e. The molecule has 2 aliphatic heterocycles. The predicted molar refractivity (Wildman–Crippen MR) is 322 cm³/mol. The second-order valence-corrected chi connectivity index (χ2v) is 21.4. The van der Waals surface area contributed by atoms with E-state index < -0.39 is 86.8 Å². The van der Waals surface area contributed by atoms with Crippen LogP contribution >= 0.6 is 0 Å². The minimum Gasteiger partial charge on any atom is -0.394 e. The van der Waals surface area contributed by atoms with Crippen molar-refractivity contribution in [1.29, 1.82) is 0 Å². The molecule has 80 heavy (non-hydrogen) atoms. The topological polar surface area (TPSA) is 228 Å². The SMILES string of the molecule is CC/C=C\C/C=C\C/C=C\C/C=C\C/C=C\C/C=C\CCCCC(=O)NC(COC1OC(CO)C(OC2OC(CO)C(O)C(O)C2O)C(O)C1O)C(O)/C=C/CC/C=C/CC/C=C/CCCCCCCCCCCCCCCCC. The summed E-state index contributed by atoms with van der Waals surface area (Å²) in [5, 5.41) is 87.1. The summed E-state index contributed by atoms with van der Waals surface area (Å²) in [4.78, 5) is 13.3. The number of allylic oxidation sites excluding steroid dienone is 17. The number of unbranched alkanes of at least 4 members (excludes halogenated alkanes) is 19. The molecule has 0 bridgehead atoms. The monoisotopic (exact) mass is 1130 g/mol. The van der Waals surface area contributed by atoms with Crippen molar-refractivity contribution in [1.82, 2.24) is 5.32 Å². The third-order valence-corrected chi connectivity index (χ3v) is 14.4. The van der Waals surface area contributed by atoms with Crippen LogP contribution in [0.1, 0.15) is 206 Å². The van der Waals surface area contributed by atoms with Crippen LogP contribution in [0.3, 0.4) is 0 Å². The maximum absolute atomic E-state index is 13.3. The molecule has 0 aliphatic carbocycles. The fourth-order valence-electron chi connectivity index (χ4n) is 9.44. The quantitative estimate of drug-likeness (QED) is 0.0204. The maximum atomic E-state index is 13.3. The van der Waals surface area contributed by atoms with Crippen LogP contribution in [0.4, 0.5) is 0 Å². The molecule has 0 aromatic carbocycles. The number of carbonyl (C=O) groups excluding carboxylic acids is 1. The van der Waals surface area contributed by atoms with Gasteiger partial charge in [-0.15, -0.1) is 0 Å². The van der Waals surface area contributed by atoms with Gasteiger partial charge in [-0.25, -0.2) is 0 Å². The summed E-state index contributed by atoms with van der Waals surface area (Å²) in [5.41, 5.74) is 0. The molecule has 0 saturated carbocycles. The van der Waals surface area contributed by atoms with Gasteiger partial charge in [0.1, 0.15) is 48.8 Å². The van der Waals surface area contributed by atoms with Crippen molar-refractivity contribution in [2.75, 3.05) is 19.8 Å². The third-order valence-electron chi connectivity index (χ3n) is 14.4. The van der Waals surface area contributed by atoms with Gasteiger partial charge >= 0.3 is 0 Å². The van der Waals surface area contributed by atoms with Gasteiger partial charge in [-0.05, 0) is 96.3 Å². The zero-order valence-electron chi connectivity index (χ0n) is 49.3. The van der Waals surface area contributed by atoms with Gasteiger partial charge in [-0.3, -0.25) is 4.79 Å². The Morgan fingerprint density at radius 3 is 1.38 bits per heavy atom. The molecule has 0 aromatic rings. The molecular weight excluding hydrogens is 1010 g/mol. The molecule has 2 rings (SSSR count). The van der Waals surface area contributed by atoms with Gasteiger partial charge in [0.15, 0.2) is 12.6 Å². The lowest BCUT2D eigenvalue weighted by Crippen LogP contribution is -2.65. The number of ether oxygens (including phenoxy) is 4. The lowest BCUT2D eigenvalue weighted by molar-refractivity contribution is -0.359. The first kappa shape index (κ1) is 72.8. The third kappa shape index (κ3) is 34.9. The Balaban J connectivity index is 1.80. The Labute approximate surface area is 483 Å². The van der Waals surface area contributed by atoms with Gasteiger partial charge in [0.2, 0.25) is 5.91 Å². The van der Waals surface area contributed by atoms with E-state index in [1.807, 2.05) is 6.08 Å². The van der Waals surface area contributed by atoms with Crippen molar-refractivity contribution in [2.45, 2.75) is 280 Å². The first-order chi connectivity index (χ1) is 39.1. The van der Waals surface area contributed by atoms with Crippen molar-refractivity contribution in [3.05, 3.63) is 109 Å². The van der Waals surface area contributed by atoms with Gasteiger partial charge in [-0.1, -0.05) is 213 Å². The average molecular weight is 1130 g/mol. The van der Waals surface area contributed by atoms with Gasteiger partial charge in [0.25, 0.3) is 0 Å². The van der Waals surface area contributed by atoms with E-state index in [1.54, 1.807) is 6.08 Å². The summed E-state index contributed by atoms with van der Waals surface area (Å²) < 4.78 is 22.7. The Hall–Kier alpha value is -3.35. The second kappa shape index (κ2) is 50.2. The fourth-order valence-corrected chi connectivity index (χ4v) is 9.44. The van der Waals surface area contributed by atoms with E-state index in [1.165, 1.54) is 96.3 Å². The summed E-state index contributed by atoms with van der Waals surface area (Å²) in [6.07, 6.45) is 54.2. The molecule has 2 aliphatic rings. The Morgan fingerprint density at radius 2 is 0.875 bits per heavy atom. The van der Waals surface area contributed by atoms with Crippen LogP contribution in [0.2, 0.25) is 0 Å². The van der Waals surface area contributed by atoms with Crippen molar-refractivity contribution in [2.24, 2.45) is 0 Å². The van der Waals surface area contributed by atoms with Gasteiger partial charge < -0.3 is 65.1 Å². The summed E-state index contributed by atoms with van der Waals surface area (Å²) in [5.74, 6) is -0.299. The smallest absolute Gasteiger partial charge is 0.220 e. The highest BCUT2D eigenvalue weighted by atomic mass is 16.7. The van der Waals surface area contributed by atoms with E-state index in [2.05, 4.69) is 116 Å². The molecule has 1 amide bonds. The largest absolute Gasteiger partial charge is 0.394 e. The summed E-state index contributed by atoms with van der Waals surface area (Å²) in [6.45, 7) is 2.62. The average Bonchev–Trinajstić information content (AvgIpc) is 3.46. The van der Waals surface area contributed by atoms with Crippen LogP contribution in [0, 0.1) is 0 Å². The van der Waals surface area contributed by atoms with Crippen LogP contribution in [-0.2, 0) is 23.7 Å². The number of nitrogens with one attached hydrogen (secondary N) is 1. The molecule has 9 N–H and O–H groups in total. The van der Waals surface area contributed by atoms with Crippen molar-refractivity contribution in [3.8, 4) is 0 Å². The number of hydrogen-bond donors (Lipinski definition) is 9. The van der Waals surface area contributed by atoms with E-state index in [4.69, 9.17) is 18.9 Å².